The molecule has 0 atom stereocenters. The molecule has 0 spiro atoms. The van der Waals surface area contributed by atoms with Gasteiger partial charge in [-0.1, -0.05) is 6.07 Å². The van der Waals surface area contributed by atoms with Crippen LogP contribution in [0, 0.1) is 0 Å². The molecule has 22 heavy (non-hydrogen) atoms. The summed E-state index contributed by atoms with van der Waals surface area (Å²) in [6.45, 7) is 0. The van der Waals surface area contributed by atoms with Gasteiger partial charge in [0.2, 0.25) is 0 Å². The van der Waals surface area contributed by atoms with E-state index in [-0.39, 0.29) is 18.2 Å². The monoisotopic (exact) mass is 304 g/mol. The highest BCUT2D eigenvalue weighted by Crippen LogP contribution is 2.35. The first-order chi connectivity index (χ1) is 10.3. The fraction of sp³-hybridized carbons (Fsp3) is 0.438. The molecule has 0 aliphatic heterocycles. The highest BCUT2D eigenvalue weighted by Gasteiger charge is 2.40. The summed E-state index contributed by atoms with van der Waals surface area (Å²) in [5, 5.41) is 11.8. The van der Waals surface area contributed by atoms with E-state index in [9.17, 15) is 14.4 Å². The molecular formula is C16H20N2O4. The summed E-state index contributed by atoms with van der Waals surface area (Å²) in [5.41, 5.74) is 0.146. The molecule has 2 rings (SSSR count). The standard InChI is InChI=1S/C16H20N2O4/c1-18(2)15(22)12-6-3-5-11(9-12)14(21)17-16(7-4-8-16)10-13(19)20/h3,5-6,9H,4,7-8,10H2,1-2H3,(H,17,21)(H,19,20). The minimum absolute atomic E-state index is 0.0743. The van der Waals surface area contributed by atoms with E-state index in [1.807, 2.05) is 0 Å². The van der Waals surface area contributed by atoms with Gasteiger partial charge in [-0.3, -0.25) is 14.4 Å². The molecular weight excluding hydrogens is 284 g/mol. The van der Waals surface area contributed by atoms with Crippen LogP contribution in [0.1, 0.15) is 46.4 Å². The zero-order valence-corrected chi connectivity index (χ0v) is 12.8. The molecule has 1 aliphatic carbocycles. The average Bonchev–Trinajstić information content (AvgIpc) is 2.43. The number of hydrogen-bond donors (Lipinski definition) is 2. The van der Waals surface area contributed by atoms with Crippen LogP contribution in [0.4, 0.5) is 0 Å². The Morgan fingerprint density at radius 2 is 1.86 bits per heavy atom. The Morgan fingerprint density at radius 1 is 1.23 bits per heavy atom. The van der Waals surface area contributed by atoms with E-state index >= 15 is 0 Å². The van der Waals surface area contributed by atoms with Gasteiger partial charge in [0.25, 0.3) is 11.8 Å². The first kappa shape index (κ1) is 16.0. The quantitative estimate of drug-likeness (QED) is 0.863. The van der Waals surface area contributed by atoms with Crippen molar-refractivity contribution in [3.63, 3.8) is 0 Å². The van der Waals surface area contributed by atoms with Gasteiger partial charge in [-0.25, -0.2) is 0 Å². The van der Waals surface area contributed by atoms with Crippen molar-refractivity contribution < 1.29 is 19.5 Å². The van der Waals surface area contributed by atoms with Crippen LogP contribution in [0.2, 0.25) is 0 Å². The van der Waals surface area contributed by atoms with Crippen molar-refractivity contribution in [1.29, 1.82) is 0 Å². The molecule has 0 heterocycles. The van der Waals surface area contributed by atoms with E-state index in [1.54, 1.807) is 32.3 Å². The van der Waals surface area contributed by atoms with Gasteiger partial charge in [-0.2, -0.15) is 0 Å². The van der Waals surface area contributed by atoms with Crippen molar-refractivity contribution in [2.45, 2.75) is 31.2 Å². The first-order valence-electron chi connectivity index (χ1n) is 7.19. The lowest BCUT2D eigenvalue weighted by atomic mass is 9.74. The fourth-order valence-electron chi connectivity index (χ4n) is 2.60. The number of carboxylic acids is 1. The Hall–Kier alpha value is -2.37. The Labute approximate surface area is 129 Å². The summed E-state index contributed by atoms with van der Waals surface area (Å²) in [6, 6.07) is 6.45. The second-order valence-electron chi connectivity index (χ2n) is 5.94. The van der Waals surface area contributed by atoms with Crippen LogP contribution >= 0.6 is 0 Å². The number of rotatable bonds is 5. The minimum atomic E-state index is -0.920. The molecule has 1 aliphatic rings. The molecule has 0 saturated heterocycles. The number of carbonyl (C=O) groups is 3. The molecule has 118 valence electrons. The molecule has 6 nitrogen and oxygen atoms in total. The van der Waals surface area contributed by atoms with E-state index in [2.05, 4.69) is 5.32 Å². The maximum absolute atomic E-state index is 12.4. The van der Waals surface area contributed by atoms with Crippen molar-refractivity contribution in [3.8, 4) is 0 Å². The molecule has 0 aromatic heterocycles. The smallest absolute Gasteiger partial charge is 0.305 e. The Kier molecular flexibility index (Phi) is 4.49. The number of hydrogen-bond acceptors (Lipinski definition) is 3. The Balaban J connectivity index is 2.14. The van der Waals surface area contributed by atoms with E-state index < -0.39 is 11.5 Å². The van der Waals surface area contributed by atoms with Gasteiger partial charge in [-0.05, 0) is 37.5 Å². The number of aliphatic carboxylic acids is 1. The summed E-state index contributed by atoms with van der Waals surface area (Å²) < 4.78 is 0. The molecule has 1 fully saturated rings. The van der Waals surface area contributed by atoms with Gasteiger partial charge in [0.1, 0.15) is 0 Å². The first-order valence-corrected chi connectivity index (χ1v) is 7.19. The van der Waals surface area contributed by atoms with Crippen molar-refractivity contribution in [2.75, 3.05) is 14.1 Å². The van der Waals surface area contributed by atoms with Crippen LogP contribution in [0.25, 0.3) is 0 Å². The van der Waals surface area contributed by atoms with Gasteiger partial charge < -0.3 is 15.3 Å². The van der Waals surface area contributed by atoms with Crippen molar-refractivity contribution in [1.82, 2.24) is 10.2 Å². The number of carboxylic acid groups (broad SMARTS) is 1. The largest absolute Gasteiger partial charge is 0.481 e. The van der Waals surface area contributed by atoms with Crippen LogP contribution < -0.4 is 5.32 Å². The van der Waals surface area contributed by atoms with Gasteiger partial charge in [0.15, 0.2) is 0 Å². The van der Waals surface area contributed by atoms with Crippen LogP contribution in [0.15, 0.2) is 24.3 Å². The number of carbonyl (C=O) groups excluding carboxylic acids is 2. The molecule has 2 amide bonds. The number of amides is 2. The lowest BCUT2D eigenvalue weighted by Gasteiger charge is -2.41. The highest BCUT2D eigenvalue weighted by atomic mass is 16.4. The van der Waals surface area contributed by atoms with Crippen LogP contribution in [-0.2, 0) is 4.79 Å². The van der Waals surface area contributed by atoms with E-state index in [1.165, 1.54) is 11.0 Å². The second kappa shape index (κ2) is 6.17. The lowest BCUT2D eigenvalue weighted by Crippen LogP contribution is -2.54. The van der Waals surface area contributed by atoms with Crippen LogP contribution in [0.5, 0.6) is 0 Å². The van der Waals surface area contributed by atoms with Crippen molar-refractivity contribution in [2.24, 2.45) is 0 Å². The number of nitrogens with one attached hydrogen (secondary N) is 1. The minimum Gasteiger partial charge on any atom is -0.481 e. The maximum atomic E-state index is 12.4. The number of benzene rings is 1. The lowest BCUT2D eigenvalue weighted by molar-refractivity contribution is -0.139. The highest BCUT2D eigenvalue weighted by molar-refractivity contribution is 6.00. The average molecular weight is 304 g/mol. The van der Waals surface area contributed by atoms with Crippen LogP contribution in [-0.4, -0.2) is 47.4 Å². The second-order valence-corrected chi connectivity index (χ2v) is 5.94. The molecule has 0 unspecified atom stereocenters. The van der Waals surface area contributed by atoms with Gasteiger partial charge >= 0.3 is 5.97 Å². The molecule has 1 saturated carbocycles. The summed E-state index contributed by atoms with van der Waals surface area (Å²) in [5.74, 6) is -1.44. The molecule has 6 heteroatoms. The summed E-state index contributed by atoms with van der Waals surface area (Å²) in [6.07, 6.45) is 2.17. The van der Waals surface area contributed by atoms with Crippen molar-refractivity contribution in [3.05, 3.63) is 35.4 Å². The van der Waals surface area contributed by atoms with E-state index in [4.69, 9.17) is 5.11 Å². The summed E-state index contributed by atoms with van der Waals surface area (Å²) in [7, 11) is 3.29. The number of nitrogens with zero attached hydrogens (tertiary/aromatic N) is 1. The predicted octanol–water partition coefficient (Wildman–Crippen LogP) is 1.52. The summed E-state index contributed by atoms with van der Waals surface area (Å²) in [4.78, 5) is 36.7. The molecule has 0 bridgehead atoms. The molecule has 1 aromatic rings. The molecule has 0 radical (unpaired) electrons. The predicted molar refractivity (Wildman–Crippen MR) is 80.8 cm³/mol. The van der Waals surface area contributed by atoms with Gasteiger partial charge in [-0.15, -0.1) is 0 Å². The summed E-state index contributed by atoms with van der Waals surface area (Å²) >= 11 is 0. The van der Waals surface area contributed by atoms with Gasteiger partial charge in [0.05, 0.1) is 12.0 Å². The van der Waals surface area contributed by atoms with E-state index in [0.717, 1.165) is 6.42 Å². The maximum Gasteiger partial charge on any atom is 0.305 e. The van der Waals surface area contributed by atoms with Crippen LogP contribution in [0.3, 0.4) is 0 Å². The third-order valence-electron chi connectivity index (χ3n) is 3.96. The molecule has 2 N–H and O–H groups in total. The third-order valence-corrected chi connectivity index (χ3v) is 3.96. The topological polar surface area (TPSA) is 86.7 Å². The molecule has 1 aromatic carbocycles. The SMILES string of the molecule is CN(C)C(=O)c1cccc(C(=O)NC2(CC(=O)O)CCC2)c1. The third kappa shape index (κ3) is 3.44. The Bertz CT molecular complexity index is 606. The van der Waals surface area contributed by atoms with Crippen molar-refractivity contribution >= 4 is 17.8 Å². The van der Waals surface area contributed by atoms with Gasteiger partial charge in [0, 0.05) is 25.2 Å². The van der Waals surface area contributed by atoms with E-state index in [0.29, 0.717) is 24.0 Å². The zero-order valence-electron chi connectivity index (χ0n) is 12.8. The fourth-order valence-corrected chi connectivity index (χ4v) is 2.60. The zero-order chi connectivity index (χ0) is 16.3. The normalized spacial score (nSPS) is 15.5. The Morgan fingerprint density at radius 3 is 2.36 bits per heavy atom.